The largest absolute Gasteiger partial charge is 0.466 e. The van der Waals surface area contributed by atoms with Crippen LogP contribution in [0.1, 0.15) is 37.1 Å². The molecule has 5 rings (SSSR count). The van der Waals surface area contributed by atoms with Crippen molar-refractivity contribution in [1.29, 1.82) is 0 Å². The van der Waals surface area contributed by atoms with E-state index < -0.39 is 35.8 Å². The zero-order valence-electron chi connectivity index (χ0n) is 24.2. The van der Waals surface area contributed by atoms with E-state index in [1.54, 1.807) is 25.1 Å². The number of amides is 2. The van der Waals surface area contributed by atoms with Gasteiger partial charge < -0.3 is 20.1 Å². The molecule has 6 atom stereocenters. The molecule has 1 aromatic heterocycles. The number of alkyl halides is 3. The summed E-state index contributed by atoms with van der Waals surface area (Å²) in [6.45, 7) is 2.66. The van der Waals surface area contributed by atoms with Gasteiger partial charge in [-0.05, 0) is 67.5 Å². The molecule has 11 heteroatoms. The normalized spacial score (nSPS) is 22.6. The van der Waals surface area contributed by atoms with Gasteiger partial charge in [0.05, 0.1) is 29.3 Å². The second-order valence-corrected chi connectivity index (χ2v) is 11.5. The van der Waals surface area contributed by atoms with Crippen LogP contribution in [-0.2, 0) is 21.5 Å². The van der Waals surface area contributed by atoms with Crippen LogP contribution in [0.15, 0.2) is 85.1 Å². The molecule has 0 radical (unpaired) electrons. The van der Waals surface area contributed by atoms with E-state index in [2.05, 4.69) is 15.6 Å². The molecule has 2 amide bonds. The third kappa shape index (κ3) is 6.55. The summed E-state index contributed by atoms with van der Waals surface area (Å²) in [7, 11) is 0. The lowest BCUT2D eigenvalue weighted by molar-refractivity contribution is -0.215. The molecule has 3 aromatic rings. The summed E-state index contributed by atoms with van der Waals surface area (Å²) in [6, 6.07) is 17.1. The van der Waals surface area contributed by atoms with E-state index in [1.165, 1.54) is 24.4 Å². The van der Waals surface area contributed by atoms with Gasteiger partial charge in [0, 0.05) is 12.6 Å². The van der Waals surface area contributed by atoms with Gasteiger partial charge in [0.25, 0.3) is 0 Å². The minimum Gasteiger partial charge on any atom is -0.466 e. The number of hydrogen-bond acceptors (Lipinski definition) is 5. The first kappa shape index (κ1) is 31.4. The Bertz CT molecular complexity index is 1510. The van der Waals surface area contributed by atoms with Gasteiger partial charge in [-0.3, -0.25) is 9.78 Å². The first-order chi connectivity index (χ1) is 21.0. The Morgan fingerprint density at radius 2 is 1.82 bits per heavy atom. The number of carbonyl (C=O) groups is 2. The Labute approximate surface area is 258 Å². The van der Waals surface area contributed by atoms with E-state index >= 15 is 0 Å². The predicted octanol–water partition coefficient (Wildman–Crippen LogP) is 6.60. The summed E-state index contributed by atoms with van der Waals surface area (Å²) in [5, 5.41) is 6.43. The molecule has 2 N–H and O–H groups in total. The highest BCUT2D eigenvalue weighted by Gasteiger charge is 2.50. The van der Waals surface area contributed by atoms with Crippen molar-refractivity contribution in [1.82, 2.24) is 15.6 Å². The minimum atomic E-state index is -4.08. The van der Waals surface area contributed by atoms with E-state index in [1.807, 2.05) is 42.5 Å². The van der Waals surface area contributed by atoms with Crippen LogP contribution in [0.2, 0.25) is 5.02 Å². The molecule has 1 unspecified atom stereocenters. The molecule has 1 fully saturated rings. The molecule has 232 valence electrons. The molecular weight excluding hydrogens is 595 g/mol. The molecule has 44 heavy (non-hydrogen) atoms. The number of hydrogen-bond donors (Lipinski definition) is 2. The van der Waals surface area contributed by atoms with Crippen molar-refractivity contribution in [2.45, 2.75) is 50.6 Å². The van der Waals surface area contributed by atoms with Crippen molar-refractivity contribution in [2.75, 3.05) is 6.61 Å². The van der Waals surface area contributed by atoms with Gasteiger partial charge in [0.15, 0.2) is 0 Å². The number of fused-ring (bicyclic) bond motifs is 2. The van der Waals surface area contributed by atoms with Crippen molar-refractivity contribution in [3.8, 4) is 5.75 Å². The molecule has 7 nitrogen and oxygen atoms in total. The molecule has 2 aromatic carbocycles. The maximum Gasteiger partial charge on any atom is 0.429 e. The number of halogens is 4. The van der Waals surface area contributed by atoms with Gasteiger partial charge in [0.1, 0.15) is 11.3 Å². The molecule has 0 spiro atoms. The number of nitrogens with one attached hydrogen (secondary N) is 2. The topological polar surface area (TPSA) is 89.5 Å². The number of carbonyl (C=O) groups excluding carboxylic acids is 2. The summed E-state index contributed by atoms with van der Waals surface area (Å²) >= 11 is 6.17. The number of nitrogens with zero attached hydrogens (tertiary/aromatic N) is 1. The van der Waals surface area contributed by atoms with E-state index in [4.69, 9.17) is 21.1 Å². The number of ether oxygens (including phenoxy) is 2. The first-order valence-electron chi connectivity index (χ1n) is 14.4. The van der Waals surface area contributed by atoms with Gasteiger partial charge in [-0.1, -0.05) is 66.2 Å². The lowest BCUT2D eigenvalue weighted by Gasteiger charge is -2.37. The second-order valence-electron chi connectivity index (χ2n) is 11.1. The van der Waals surface area contributed by atoms with Gasteiger partial charge >= 0.3 is 18.1 Å². The molecule has 1 saturated carbocycles. The van der Waals surface area contributed by atoms with Crippen LogP contribution in [0.4, 0.5) is 18.0 Å². The van der Waals surface area contributed by atoms with Crippen LogP contribution in [0, 0.1) is 17.8 Å². The minimum absolute atomic E-state index is 0.0512. The number of rotatable bonds is 11. The van der Waals surface area contributed by atoms with Crippen LogP contribution in [-0.4, -0.2) is 41.9 Å². The van der Waals surface area contributed by atoms with E-state index in [0.717, 1.165) is 5.56 Å². The fourth-order valence-corrected chi connectivity index (χ4v) is 6.19. The quantitative estimate of drug-likeness (QED) is 0.185. The Morgan fingerprint density at radius 1 is 1.07 bits per heavy atom. The van der Waals surface area contributed by atoms with Crippen molar-refractivity contribution in [2.24, 2.45) is 17.8 Å². The van der Waals surface area contributed by atoms with E-state index in [-0.39, 0.29) is 36.6 Å². The van der Waals surface area contributed by atoms with Gasteiger partial charge in [-0.25, -0.2) is 9.18 Å². The Hall–Kier alpha value is -4.05. The fraction of sp³-hybridized carbons (Fsp3) is 0.364. The standard InChI is InChI=1S/C33H33ClF3N3O4/c1-3-43-30(41)28-22-12-13-23(16-22)29(28)39-31(42)40-32(18-21-8-5-4-6-9-21,27-15-14-25(34)19-38-27)24-10-7-11-26(17-24)44-33(36,37)20(2)35/h4-15,17,19-20,22-23,28-29H,3,16,18H2,1-2H3,(H2,39,40,42)/t20?,22-,23+,28-,29+,32+/m0/s1. The molecule has 0 aliphatic heterocycles. The smallest absolute Gasteiger partial charge is 0.429 e. The van der Waals surface area contributed by atoms with Gasteiger partial charge in [0.2, 0.25) is 6.17 Å². The average Bonchev–Trinajstić information content (AvgIpc) is 3.60. The summed E-state index contributed by atoms with van der Waals surface area (Å²) < 4.78 is 52.3. The highest BCUT2D eigenvalue weighted by atomic mass is 35.5. The maximum atomic E-state index is 14.3. The summed E-state index contributed by atoms with van der Waals surface area (Å²) in [5.74, 6) is -1.33. The van der Waals surface area contributed by atoms with E-state index in [0.29, 0.717) is 29.6 Å². The van der Waals surface area contributed by atoms with Crippen LogP contribution >= 0.6 is 11.6 Å². The third-order valence-electron chi connectivity index (χ3n) is 8.16. The number of pyridine rings is 1. The third-order valence-corrected chi connectivity index (χ3v) is 8.39. The molecule has 0 saturated heterocycles. The highest BCUT2D eigenvalue weighted by Crippen LogP contribution is 2.44. The zero-order valence-corrected chi connectivity index (χ0v) is 24.9. The van der Waals surface area contributed by atoms with Crippen molar-refractivity contribution >= 4 is 23.6 Å². The van der Waals surface area contributed by atoms with Crippen molar-refractivity contribution in [3.05, 3.63) is 107 Å². The zero-order chi connectivity index (χ0) is 31.5. The second kappa shape index (κ2) is 12.9. The number of aromatic nitrogens is 1. The molecular formula is C33H33ClF3N3O4. The Morgan fingerprint density at radius 3 is 2.50 bits per heavy atom. The molecule has 2 bridgehead atoms. The number of benzene rings is 2. The predicted molar refractivity (Wildman–Crippen MR) is 159 cm³/mol. The SMILES string of the molecule is CCOC(=O)[C@@H]1[C@H](NC(=O)N[C@](Cc2ccccc2)(c2cccc(OC(F)(F)C(C)F)c2)c2ccc(Cl)cn2)[C@@H]2C=C[C@H]1C2. The lowest BCUT2D eigenvalue weighted by atomic mass is 9.80. The monoisotopic (exact) mass is 627 g/mol. The molecule has 1 heterocycles. The Kier molecular flexibility index (Phi) is 9.20. The number of urea groups is 1. The van der Waals surface area contributed by atoms with Gasteiger partial charge in [-0.2, -0.15) is 8.78 Å². The maximum absolute atomic E-state index is 14.3. The van der Waals surface area contributed by atoms with Gasteiger partial charge in [-0.15, -0.1) is 0 Å². The lowest BCUT2D eigenvalue weighted by Crippen LogP contribution is -2.56. The summed E-state index contributed by atoms with van der Waals surface area (Å²) in [6.07, 6.45) is -0.384. The van der Waals surface area contributed by atoms with Crippen LogP contribution < -0.4 is 15.4 Å². The van der Waals surface area contributed by atoms with Crippen LogP contribution in [0.5, 0.6) is 5.75 Å². The van der Waals surface area contributed by atoms with E-state index in [9.17, 15) is 22.8 Å². The summed E-state index contributed by atoms with van der Waals surface area (Å²) in [4.78, 5) is 31.4. The van der Waals surface area contributed by atoms with Crippen LogP contribution in [0.25, 0.3) is 0 Å². The highest BCUT2D eigenvalue weighted by molar-refractivity contribution is 6.30. The number of esters is 1. The van der Waals surface area contributed by atoms with Crippen LogP contribution in [0.3, 0.4) is 0 Å². The Balaban J connectivity index is 1.57. The van der Waals surface area contributed by atoms with Crippen molar-refractivity contribution < 1.29 is 32.2 Å². The van der Waals surface area contributed by atoms with Crippen molar-refractivity contribution in [3.63, 3.8) is 0 Å². The summed E-state index contributed by atoms with van der Waals surface area (Å²) in [5.41, 5.74) is 0.0593. The molecule has 2 aliphatic rings. The average molecular weight is 628 g/mol. The molecule has 2 aliphatic carbocycles. The first-order valence-corrected chi connectivity index (χ1v) is 14.8. The fourth-order valence-electron chi connectivity index (χ4n) is 6.07. The number of allylic oxidation sites excluding steroid dienone is 1.